The predicted octanol–water partition coefficient (Wildman–Crippen LogP) is 1.71. The van der Waals surface area contributed by atoms with E-state index in [0.29, 0.717) is 5.02 Å². The molecule has 0 aliphatic carbocycles. The van der Waals surface area contributed by atoms with Gasteiger partial charge in [0, 0.05) is 11.1 Å². The van der Waals surface area contributed by atoms with Crippen LogP contribution in [0.1, 0.15) is 25.5 Å². The molecule has 3 N–H and O–H groups in total. The molecule has 1 amide bonds. The van der Waals surface area contributed by atoms with E-state index in [1.54, 1.807) is 0 Å². The van der Waals surface area contributed by atoms with Crippen LogP contribution in [0.3, 0.4) is 0 Å². The standard InChI is InChI=1S/C12H18ClN3O/c1-8(10-4-6-11(13)7-5-10)16(3)9(2)12(17)15-14/h4-9H,14H2,1-3H3,(H,15,17). The number of halogens is 1. The molecule has 4 nitrogen and oxygen atoms in total. The fourth-order valence-corrected chi connectivity index (χ4v) is 1.74. The van der Waals surface area contributed by atoms with Gasteiger partial charge in [0.25, 0.3) is 5.91 Å². The molecule has 0 saturated heterocycles. The number of likely N-dealkylation sites (N-methyl/N-ethyl adjacent to an activating group) is 1. The maximum atomic E-state index is 11.4. The van der Waals surface area contributed by atoms with E-state index in [1.165, 1.54) is 0 Å². The van der Waals surface area contributed by atoms with Crippen LogP contribution in [-0.4, -0.2) is 23.9 Å². The van der Waals surface area contributed by atoms with E-state index in [0.717, 1.165) is 5.56 Å². The van der Waals surface area contributed by atoms with Crippen LogP contribution in [0.4, 0.5) is 0 Å². The second-order valence-corrected chi connectivity index (χ2v) is 4.51. The van der Waals surface area contributed by atoms with Crippen molar-refractivity contribution in [3.63, 3.8) is 0 Å². The van der Waals surface area contributed by atoms with Gasteiger partial charge in [0.05, 0.1) is 6.04 Å². The van der Waals surface area contributed by atoms with Crippen molar-refractivity contribution in [1.29, 1.82) is 0 Å². The molecule has 2 atom stereocenters. The number of benzene rings is 1. The van der Waals surface area contributed by atoms with Crippen LogP contribution in [0.25, 0.3) is 0 Å². The highest BCUT2D eigenvalue weighted by Gasteiger charge is 2.22. The molecule has 0 bridgehead atoms. The lowest BCUT2D eigenvalue weighted by molar-refractivity contribution is -0.126. The topological polar surface area (TPSA) is 58.4 Å². The Morgan fingerprint density at radius 2 is 1.88 bits per heavy atom. The number of hydrogen-bond acceptors (Lipinski definition) is 3. The molecule has 17 heavy (non-hydrogen) atoms. The summed E-state index contributed by atoms with van der Waals surface area (Å²) in [7, 11) is 1.89. The Morgan fingerprint density at radius 3 is 2.35 bits per heavy atom. The molecule has 0 fully saturated rings. The average molecular weight is 256 g/mol. The highest BCUT2D eigenvalue weighted by Crippen LogP contribution is 2.22. The van der Waals surface area contributed by atoms with Crippen molar-refractivity contribution in [3.8, 4) is 0 Å². The summed E-state index contributed by atoms with van der Waals surface area (Å²) in [6.07, 6.45) is 0. The van der Waals surface area contributed by atoms with Gasteiger partial charge >= 0.3 is 0 Å². The van der Waals surface area contributed by atoms with Gasteiger partial charge in [0.1, 0.15) is 0 Å². The molecule has 2 unspecified atom stereocenters. The van der Waals surface area contributed by atoms with Gasteiger partial charge < -0.3 is 0 Å². The molecule has 0 saturated carbocycles. The van der Waals surface area contributed by atoms with Crippen LogP contribution in [0.5, 0.6) is 0 Å². The Balaban J connectivity index is 2.78. The quantitative estimate of drug-likeness (QED) is 0.489. The van der Waals surface area contributed by atoms with Gasteiger partial charge in [-0.15, -0.1) is 0 Å². The number of hydrogen-bond donors (Lipinski definition) is 2. The van der Waals surface area contributed by atoms with E-state index in [9.17, 15) is 4.79 Å². The normalized spacial score (nSPS) is 14.5. The molecule has 94 valence electrons. The minimum atomic E-state index is -0.286. The van der Waals surface area contributed by atoms with Crippen molar-refractivity contribution in [1.82, 2.24) is 10.3 Å². The summed E-state index contributed by atoms with van der Waals surface area (Å²) >= 11 is 5.84. The van der Waals surface area contributed by atoms with Crippen molar-refractivity contribution >= 4 is 17.5 Å². The Morgan fingerprint density at radius 1 is 1.35 bits per heavy atom. The molecule has 5 heteroatoms. The Labute approximate surface area is 107 Å². The molecule has 0 spiro atoms. The molecule has 0 aliphatic rings. The van der Waals surface area contributed by atoms with E-state index < -0.39 is 0 Å². The van der Waals surface area contributed by atoms with Gasteiger partial charge in [-0.3, -0.25) is 15.1 Å². The Hall–Kier alpha value is -1.10. The van der Waals surface area contributed by atoms with Crippen LogP contribution >= 0.6 is 11.6 Å². The van der Waals surface area contributed by atoms with E-state index in [1.807, 2.05) is 50.1 Å². The van der Waals surface area contributed by atoms with Gasteiger partial charge in [-0.1, -0.05) is 23.7 Å². The molecule has 1 aromatic carbocycles. The van der Waals surface area contributed by atoms with Gasteiger partial charge in [0.15, 0.2) is 0 Å². The van der Waals surface area contributed by atoms with E-state index in [4.69, 9.17) is 17.4 Å². The predicted molar refractivity (Wildman–Crippen MR) is 69.4 cm³/mol. The summed E-state index contributed by atoms with van der Waals surface area (Å²) in [4.78, 5) is 13.4. The fraction of sp³-hybridized carbons (Fsp3) is 0.417. The lowest BCUT2D eigenvalue weighted by atomic mass is 10.1. The second kappa shape index (κ2) is 6.00. The van der Waals surface area contributed by atoms with Crippen LogP contribution in [0.15, 0.2) is 24.3 Å². The van der Waals surface area contributed by atoms with Gasteiger partial charge in [-0.05, 0) is 38.6 Å². The molecule has 0 aromatic heterocycles. The van der Waals surface area contributed by atoms with Crippen molar-refractivity contribution in [2.45, 2.75) is 25.9 Å². The number of rotatable bonds is 4. The minimum Gasteiger partial charge on any atom is -0.293 e. The summed E-state index contributed by atoms with van der Waals surface area (Å²) in [5.41, 5.74) is 3.26. The van der Waals surface area contributed by atoms with E-state index in [-0.39, 0.29) is 18.0 Å². The van der Waals surface area contributed by atoms with Crippen LogP contribution in [0.2, 0.25) is 5.02 Å². The second-order valence-electron chi connectivity index (χ2n) is 4.08. The summed E-state index contributed by atoms with van der Waals surface area (Å²) in [5, 5.41) is 0.705. The molecule has 1 aromatic rings. The van der Waals surface area contributed by atoms with Crippen molar-refractivity contribution in [2.24, 2.45) is 5.84 Å². The third kappa shape index (κ3) is 3.43. The number of nitrogens with one attached hydrogen (secondary N) is 1. The SMILES string of the molecule is CC(C(=O)NN)N(C)C(C)c1ccc(Cl)cc1. The first-order chi connectivity index (χ1) is 7.97. The third-order valence-corrected chi connectivity index (χ3v) is 3.35. The number of carbonyl (C=O) groups excluding carboxylic acids is 1. The van der Waals surface area contributed by atoms with E-state index >= 15 is 0 Å². The van der Waals surface area contributed by atoms with Crippen LogP contribution < -0.4 is 11.3 Å². The van der Waals surface area contributed by atoms with Crippen LogP contribution in [0, 0.1) is 0 Å². The summed E-state index contributed by atoms with van der Waals surface area (Å²) in [6.45, 7) is 3.85. The van der Waals surface area contributed by atoms with Gasteiger partial charge in [-0.2, -0.15) is 0 Å². The number of nitrogens with zero attached hydrogens (tertiary/aromatic N) is 1. The molecule has 1 rings (SSSR count). The minimum absolute atomic E-state index is 0.111. The summed E-state index contributed by atoms with van der Waals surface area (Å²) in [6, 6.07) is 7.42. The third-order valence-electron chi connectivity index (χ3n) is 3.10. The average Bonchev–Trinajstić information content (AvgIpc) is 2.36. The largest absolute Gasteiger partial charge is 0.293 e. The zero-order valence-corrected chi connectivity index (χ0v) is 11.0. The number of hydrazine groups is 1. The maximum absolute atomic E-state index is 11.4. The first kappa shape index (κ1) is 14.0. The van der Waals surface area contributed by atoms with Crippen LogP contribution in [-0.2, 0) is 4.79 Å². The Bertz CT molecular complexity index is 380. The molecular formula is C12H18ClN3O. The van der Waals surface area contributed by atoms with Crippen molar-refractivity contribution in [3.05, 3.63) is 34.9 Å². The number of carbonyl (C=O) groups is 1. The van der Waals surface area contributed by atoms with Crippen molar-refractivity contribution in [2.75, 3.05) is 7.05 Å². The maximum Gasteiger partial charge on any atom is 0.250 e. The monoisotopic (exact) mass is 255 g/mol. The zero-order chi connectivity index (χ0) is 13.0. The fourth-order valence-electron chi connectivity index (χ4n) is 1.62. The summed E-state index contributed by atoms with van der Waals surface area (Å²) in [5.74, 6) is 4.93. The number of nitrogens with two attached hydrogens (primary N) is 1. The molecular weight excluding hydrogens is 238 g/mol. The molecule has 0 heterocycles. The molecule has 0 aliphatic heterocycles. The zero-order valence-electron chi connectivity index (χ0n) is 10.3. The smallest absolute Gasteiger partial charge is 0.250 e. The highest BCUT2D eigenvalue weighted by atomic mass is 35.5. The lowest BCUT2D eigenvalue weighted by Gasteiger charge is -2.29. The first-order valence-corrected chi connectivity index (χ1v) is 5.83. The van der Waals surface area contributed by atoms with Gasteiger partial charge in [-0.25, -0.2) is 5.84 Å². The van der Waals surface area contributed by atoms with Crippen molar-refractivity contribution < 1.29 is 4.79 Å². The van der Waals surface area contributed by atoms with E-state index in [2.05, 4.69) is 5.43 Å². The number of amides is 1. The highest BCUT2D eigenvalue weighted by molar-refractivity contribution is 6.30. The summed E-state index contributed by atoms with van der Waals surface area (Å²) < 4.78 is 0. The first-order valence-electron chi connectivity index (χ1n) is 5.45. The van der Waals surface area contributed by atoms with Gasteiger partial charge in [0.2, 0.25) is 0 Å². The molecule has 0 radical (unpaired) electrons. The Kier molecular flexibility index (Phi) is 4.93. The lowest BCUT2D eigenvalue weighted by Crippen LogP contribution is -2.46.